The first kappa shape index (κ1) is 19.6. The molecule has 0 unspecified atom stereocenters. The lowest BCUT2D eigenvalue weighted by Crippen LogP contribution is -2.36. The van der Waals surface area contributed by atoms with Gasteiger partial charge in [0.2, 0.25) is 0 Å². The van der Waals surface area contributed by atoms with Gasteiger partial charge in [-0.3, -0.25) is 4.99 Å². The van der Waals surface area contributed by atoms with Gasteiger partial charge in [-0.15, -0.1) is 24.0 Å². The molecule has 0 saturated carbocycles. The van der Waals surface area contributed by atoms with E-state index in [1.165, 1.54) is 12.1 Å². The van der Waals surface area contributed by atoms with Crippen molar-refractivity contribution in [1.29, 1.82) is 0 Å². The number of nitrogens with one attached hydrogen (secondary N) is 2. The Morgan fingerprint density at radius 1 is 1.20 bits per heavy atom. The van der Waals surface area contributed by atoms with Crippen molar-refractivity contribution in [1.82, 2.24) is 20.0 Å². The molecule has 0 atom stereocenters. The average Bonchev–Trinajstić information content (AvgIpc) is 2.97. The van der Waals surface area contributed by atoms with Crippen LogP contribution in [0, 0.1) is 5.82 Å². The zero-order valence-electron chi connectivity index (χ0n) is 13.5. The summed E-state index contributed by atoms with van der Waals surface area (Å²) in [6.45, 7) is 1.04. The van der Waals surface area contributed by atoms with Gasteiger partial charge >= 0.3 is 0 Å². The first-order chi connectivity index (χ1) is 11.6. The summed E-state index contributed by atoms with van der Waals surface area (Å²) in [5.41, 5.74) is 2.65. The molecule has 2 heterocycles. The molecule has 132 valence electrons. The van der Waals surface area contributed by atoms with Crippen LogP contribution in [0.25, 0.3) is 5.65 Å². The Balaban J connectivity index is 0.00000225. The van der Waals surface area contributed by atoms with Gasteiger partial charge in [-0.25, -0.2) is 9.37 Å². The van der Waals surface area contributed by atoms with E-state index in [1.807, 2.05) is 35.0 Å². The van der Waals surface area contributed by atoms with Crippen LogP contribution >= 0.6 is 39.9 Å². The van der Waals surface area contributed by atoms with Gasteiger partial charge in [0, 0.05) is 30.5 Å². The number of hydrogen-bond donors (Lipinski definition) is 2. The molecule has 0 aliphatic heterocycles. The quantitative estimate of drug-likeness (QED) is 0.315. The van der Waals surface area contributed by atoms with Crippen molar-refractivity contribution in [2.75, 3.05) is 7.05 Å². The minimum absolute atomic E-state index is 0. The third kappa shape index (κ3) is 5.40. The lowest BCUT2D eigenvalue weighted by atomic mass is 10.2. The molecule has 0 fully saturated rings. The molecule has 0 spiro atoms. The summed E-state index contributed by atoms with van der Waals surface area (Å²) in [5.74, 6) is 0.394. The predicted octanol–water partition coefficient (Wildman–Crippen LogP) is 3.72. The molecular formula is C17H18BrFIN5. The van der Waals surface area contributed by atoms with Crippen molar-refractivity contribution >= 4 is 51.5 Å². The van der Waals surface area contributed by atoms with Crippen LogP contribution in [0.5, 0.6) is 0 Å². The highest BCUT2D eigenvalue weighted by molar-refractivity contribution is 14.0. The SMILES string of the molecule is CN=C(NCc1cccc(F)c1)NCc1cn2cc(Br)ccc2n1.I. The largest absolute Gasteiger partial charge is 0.352 e. The van der Waals surface area contributed by atoms with Crippen LogP contribution in [0.2, 0.25) is 0 Å². The second kappa shape index (κ2) is 9.14. The number of pyridine rings is 1. The van der Waals surface area contributed by atoms with Crippen molar-refractivity contribution in [3.63, 3.8) is 0 Å². The Morgan fingerprint density at radius 2 is 2.00 bits per heavy atom. The fourth-order valence-electron chi connectivity index (χ4n) is 2.33. The highest BCUT2D eigenvalue weighted by Crippen LogP contribution is 2.12. The smallest absolute Gasteiger partial charge is 0.191 e. The van der Waals surface area contributed by atoms with E-state index in [9.17, 15) is 4.39 Å². The lowest BCUT2D eigenvalue weighted by Gasteiger charge is -2.11. The van der Waals surface area contributed by atoms with Gasteiger partial charge in [0.1, 0.15) is 11.5 Å². The summed E-state index contributed by atoms with van der Waals surface area (Å²) in [7, 11) is 1.70. The molecule has 5 nitrogen and oxygen atoms in total. The summed E-state index contributed by atoms with van der Waals surface area (Å²) >= 11 is 3.44. The van der Waals surface area contributed by atoms with E-state index >= 15 is 0 Å². The second-order valence-corrected chi connectivity index (χ2v) is 6.17. The number of benzene rings is 1. The van der Waals surface area contributed by atoms with Gasteiger partial charge in [-0.1, -0.05) is 12.1 Å². The summed E-state index contributed by atoms with van der Waals surface area (Å²) < 4.78 is 16.1. The van der Waals surface area contributed by atoms with Crippen LogP contribution in [0.4, 0.5) is 4.39 Å². The van der Waals surface area contributed by atoms with Crippen molar-refractivity contribution < 1.29 is 4.39 Å². The molecule has 2 aromatic heterocycles. The molecule has 0 bridgehead atoms. The molecule has 1 aromatic carbocycles. The Labute approximate surface area is 170 Å². The van der Waals surface area contributed by atoms with E-state index in [-0.39, 0.29) is 29.8 Å². The molecule has 0 amide bonds. The standard InChI is InChI=1S/C17H17BrFN5.HI/c1-20-17(21-8-12-3-2-4-14(19)7-12)22-9-15-11-24-10-13(18)5-6-16(24)23-15;/h2-7,10-11H,8-9H2,1H3,(H2,20,21,22);1H. The first-order valence-electron chi connectivity index (χ1n) is 7.46. The second-order valence-electron chi connectivity index (χ2n) is 5.25. The van der Waals surface area contributed by atoms with Crippen LogP contribution in [-0.2, 0) is 13.1 Å². The highest BCUT2D eigenvalue weighted by atomic mass is 127. The molecular weight excluding hydrogens is 500 g/mol. The Kier molecular flexibility index (Phi) is 7.18. The van der Waals surface area contributed by atoms with E-state index in [0.29, 0.717) is 19.0 Å². The van der Waals surface area contributed by atoms with E-state index in [2.05, 4.69) is 36.5 Å². The maximum absolute atomic E-state index is 13.2. The minimum Gasteiger partial charge on any atom is -0.352 e. The number of aromatic nitrogens is 2. The predicted molar refractivity (Wildman–Crippen MR) is 112 cm³/mol. The van der Waals surface area contributed by atoms with E-state index in [1.54, 1.807) is 13.1 Å². The minimum atomic E-state index is -0.242. The Morgan fingerprint density at radius 3 is 2.76 bits per heavy atom. The van der Waals surface area contributed by atoms with Gasteiger partial charge in [0.25, 0.3) is 0 Å². The number of aliphatic imine (C=N–C) groups is 1. The normalized spacial score (nSPS) is 11.2. The lowest BCUT2D eigenvalue weighted by molar-refractivity contribution is 0.624. The Hall–Kier alpha value is -1.68. The van der Waals surface area contributed by atoms with Crippen molar-refractivity contribution in [2.24, 2.45) is 4.99 Å². The van der Waals surface area contributed by atoms with Gasteiger partial charge in [0.15, 0.2) is 5.96 Å². The number of hydrogen-bond acceptors (Lipinski definition) is 2. The van der Waals surface area contributed by atoms with Gasteiger partial charge in [0.05, 0.1) is 12.2 Å². The maximum Gasteiger partial charge on any atom is 0.191 e. The van der Waals surface area contributed by atoms with E-state index < -0.39 is 0 Å². The molecule has 0 aliphatic carbocycles. The molecule has 0 radical (unpaired) electrons. The van der Waals surface area contributed by atoms with Crippen LogP contribution in [0.15, 0.2) is 58.3 Å². The molecule has 25 heavy (non-hydrogen) atoms. The third-order valence-electron chi connectivity index (χ3n) is 3.47. The van der Waals surface area contributed by atoms with Crippen LogP contribution in [-0.4, -0.2) is 22.4 Å². The van der Waals surface area contributed by atoms with Crippen LogP contribution in [0.3, 0.4) is 0 Å². The fourth-order valence-corrected chi connectivity index (χ4v) is 2.68. The number of guanidine groups is 1. The summed E-state index contributed by atoms with van der Waals surface area (Å²) in [6, 6.07) is 10.4. The number of nitrogens with zero attached hydrogens (tertiary/aromatic N) is 3. The topological polar surface area (TPSA) is 53.7 Å². The zero-order valence-corrected chi connectivity index (χ0v) is 17.5. The molecule has 8 heteroatoms. The highest BCUT2D eigenvalue weighted by Gasteiger charge is 2.04. The molecule has 0 aliphatic rings. The molecule has 3 rings (SSSR count). The third-order valence-corrected chi connectivity index (χ3v) is 3.94. The number of rotatable bonds is 4. The van der Waals surface area contributed by atoms with Gasteiger partial charge in [-0.2, -0.15) is 0 Å². The summed E-state index contributed by atoms with van der Waals surface area (Å²) in [4.78, 5) is 8.70. The van der Waals surface area contributed by atoms with Gasteiger partial charge in [-0.05, 0) is 45.8 Å². The average molecular weight is 518 g/mol. The van der Waals surface area contributed by atoms with Crippen molar-refractivity contribution in [3.8, 4) is 0 Å². The van der Waals surface area contributed by atoms with E-state index in [4.69, 9.17) is 0 Å². The summed E-state index contributed by atoms with van der Waals surface area (Å²) in [6.07, 6.45) is 3.93. The van der Waals surface area contributed by atoms with Crippen LogP contribution < -0.4 is 10.6 Å². The monoisotopic (exact) mass is 517 g/mol. The van der Waals surface area contributed by atoms with E-state index in [0.717, 1.165) is 21.4 Å². The number of fused-ring (bicyclic) bond motifs is 1. The fraction of sp³-hybridized carbons (Fsp3) is 0.176. The van der Waals surface area contributed by atoms with Crippen molar-refractivity contribution in [2.45, 2.75) is 13.1 Å². The number of halogens is 3. The molecule has 0 saturated heterocycles. The summed E-state index contributed by atoms with van der Waals surface area (Å²) in [5, 5.41) is 6.36. The zero-order chi connectivity index (χ0) is 16.9. The van der Waals surface area contributed by atoms with Crippen molar-refractivity contribution in [3.05, 3.63) is 70.3 Å². The Bertz CT molecular complexity index is 880. The van der Waals surface area contributed by atoms with Gasteiger partial charge < -0.3 is 15.0 Å². The molecule has 3 aromatic rings. The maximum atomic E-state index is 13.2. The number of imidazole rings is 1. The molecule has 2 N–H and O–H groups in total. The van der Waals surface area contributed by atoms with Crippen LogP contribution in [0.1, 0.15) is 11.3 Å². The first-order valence-corrected chi connectivity index (χ1v) is 8.25.